The van der Waals surface area contributed by atoms with E-state index in [0.717, 1.165) is 5.56 Å². The van der Waals surface area contributed by atoms with Crippen LogP contribution >= 0.6 is 12.2 Å². The Hall–Kier alpha value is -3.11. The molecule has 0 aromatic heterocycles. The fraction of sp³-hybridized carbons (Fsp3) is 0. The number of hydrogen-bond acceptors (Lipinski definition) is 3. The molecule has 25 heavy (non-hydrogen) atoms. The van der Waals surface area contributed by atoms with E-state index in [4.69, 9.17) is 12.2 Å². The van der Waals surface area contributed by atoms with Crippen LogP contribution in [-0.2, 0) is 0 Å². The maximum Gasteiger partial charge on any atom is 0.336 e. The minimum atomic E-state index is -1.01. The van der Waals surface area contributed by atoms with Crippen molar-refractivity contribution in [3.05, 3.63) is 94.5 Å². The van der Waals surface area contributed by atoms with Gasteiger partial charge in [-0.2, -0.15) is 0 Å². The Balaban J connectivity index is 2.03. The van der Waals surface area contributed by atoms with E-state index in [0.29, 0.717) is 32.7 Å². The summed E-state index contributed by atoms with van der Waals surface area (Å²) in [7, 11) is 0. The van der Waals surface area contributed by atoms with Gasteiger partial charge in [-0.05, 0) is 17.2 Å². The van der Waals surface area contributed by atoms with Crippen molar-refractivity contribution in [1.82, 2.24) is 0 Å². The Morgan fingerprint density at radius 3 is 2.00 bits per heavy atom. The molecule has 3 aromatic rings. The van der Waals surface area contributed by atoms with Gasteiger partial charge >= 0.3 is 5.97 Å². The molecule has 1 aliphatic rings. The third kappa shape index (κ3) is 2.30. The summed E-state index contributed by atoms with van der Waals surface area (Å²) >= 11 is 5.67. The van der Waals surface area contributed by atoms with Gasteiger partial charge in [-0.15, -0.1) is 0 Å². The molecule has 3 nitrogen and oxygen atoms in total. The summed E-state index contributed by atoms with van der Waals surface area (Å²) in [5.41, 5.74) is 3.87. The second kappa shape index (κ2) is 5.76. The quantitative estimate of drug-likeness (QED) is 0.549. The molecule has 1 aliphatic carbocycles. The van der Waals surface area contributed by atoms with Gasteiger partial charge in [-0.3, -0.25) is 4.79 Å². The molecule has 1 N–H and O–H groups in total. The monoisotopic (exact) mass is 344 g/mol. The third-order valence-electron chi connectivity index (χ3n) is 4.40. The van der Waals surface area contributed by atoms with Crippen LogP contribution < -0.4 is 0 Å². The number of carbonyl (C=O) groups excluding carboxylic acids is 1. The van der Waals surface area contributed by atoms with Crippen LogP contribution in [0.4, 0.5) is 0 Å². The lowest BCUT2D eigenvalue weighted by atomic mass is 9.80. The minimum absolute atomic E-state index is 0.0890. The van der Waals surface area contributed by atoms with E-state index in [-0.39, 0.29) is 11.3 Å². The van der Waals surface area contributed by atoms with Crippen LogP contribution in [0, 0.1) is 0 Å². The molecule has 120 valence electrons. The summed E-state index contributed by atoms with van der Waals surface area (Å²) in [4.78, 5) is 25.1. The summed E-state index contributed by atoms with van der Waals surface area (Å²) < 4.78 is 0. The van der Waals surface area contributed by atoms with Gasteiger partial charge in [-0.1, -0.05) is 72.9 Å². The van der Waals surface area contributed by atoms with E-state index in [2.05, 4.69) is 0 Å². The molecule has 4 rings (SSSR count). The highest BCUT2D eigenvalue weighted by Crippen LogP contribution is 2.36. The summed E-state index contributed by atoms with van der Waals surface area (Å²) in [5, 5.41) is 9.51. The predicted octanol–water partition coefficient (Wildman–Crippen LogP) is 4.36. The van der Waals surface area contributed by atoms with Crippen molar-refractivity contribution in [1.29, 1.82) is 0 Å². The van der Waals surface area contributed by atoms with Crippen molar-refractivity contribution in [3.63, 3.8) is 0 Å². The molecular formula is C21H12O3S. The SMILES string of the molecule is O=C(O)c1ccccc1-c1cccc2c1C(=S)c1ccccc1C2=O. The van der Waals surface area contributed by atoms with Gasteiger partial charge in [0.05, 0.1) is 10.4 Å². The molecule has 0 radical (unpaired) electrons. The van der Waals surface area contributed by atoms with Crippen molar-refractivity contribution >= 4 is 28.8 Å². The molecule has 0 amide bonds. The summed E-state index contributed by atoms with van der Waals surface area (Å²) in [6, 6.07) is 19.3. The Morgan fingerprint density at radius 2 is 1.28 bits per heavy atom. The molecule has 0 spiro atoms. The van der Waals surface area contributed by atoms with Crippen molar-refractivity contribution in [2.45, 2.75) is 0 Å². The van der Waals surface area contributed by atoms with Gasteiger partial charge < -0.3 is 5.11 Å². The van der Waals surface area contributed by atoms with Crippen LogP contribution in [0.25, 0.3) is 11.1 Å². The molecule has 4 heteroatoms. The number of fused-ring (bicyclic) bond motifs is 2. The average Bonchev–Trinajstić information content (AvgIpc) is 2.65. The van der Waals surface area contributed by atoms with Crippen LogP contribution in [0.2, 0.25) is 0 Å². The second-order valence-electron chi connectivity index (χ2n) is 5.78. The van der Waals surface area contributed by atoms with Gasteiger partial charge in [0.15, 0.2) is 5.78 Å². The van der Waals surface area contributed by atoms with E-state index < -0.39 is 5.97 Å². The molecule has 0 saturated heterocycles. The van der Waals surface area contributed by atoms with Crippen LogP contribution in [0.5, 0.6) is 0 Å². The molecule has 0 aliphatic heterocycles. The summed E-state index contributed by atoms with van der Waals surface area (Å²) in [5.74, 6) is -1.10. The van der Waals surface area contributed by atoms with Gasteiger partial charge in [0.1, 0.15) is 0 Å². The molecule has 0 heterocycles. The van der Waals surface area contributed by atoms with Gasteiger partial charge in [-0.25, -0.2) is 4.79 Å². The Labute approximate surface area is 149 Å². The Kier molecular flexibility index (Phi) is 3.55. The zero-order chi connectivity index (χ0) is 17.6. The lowest BCUT2D eigenvalue weighted by Gasteiger charge is -2.22. The summed E-state index contributed by atoms with van der Waals surface area (Å²) in [6.07, 6.45) is 0. The topological polar surface area (TPSA) is 54.4 Å². The standard InChI is InChI=1S/C21H12O3S/c22-19-14-7-2-3-8-15(14)20(25)18-13(10-5-11-17(18)19)12-6-1-4-9-16(12)21(23)24/h1-11H,(H,23,24). The number of carboxylic acids is 1. The lowest BCUT2D eigenvalue weighted by molar-refractivity contribution is 0.0697. The molecular weight excluding hydrogens is 332 g/mol. The third-order valence-corrected chi connectivity index (χ3v) is 4.82. The number of thiocarbonyl (C=S) groups is 1. The zero-order valence-electron chi connectivity index (χ0n) is 13.0. The Morgan fingerprint density at radius 1 is 0.720 bits per heavy atom. The summed E-state index contributed by atoms with van der Waals surface area (Å²) in [6.45, 7) is 0. The fourth-order valence-corrected chi connectivity index (χ4v) is 3.67. The maximum absolute atomic E-state index is 12.9. The van der Waals surface area contributed by atoms with E-state index >= 15 is 0 Å². The molecule has 0 bridgehead atoms. The highest BCUT2D eigenvalue weighted by atomic mass is 32.1. The number of carboxylic acid groups (broad SMARTS) is 1. The van der Waals surface area contributed by atoms with E-state index in [1.165, 1.54) is 0 Å². The normalized spacial score (nSPS) is 12.5. The van der Waals surface area contributed by atoms with Crippen LogP contribution in [0.15, 0.2) is 66.7 Å². The van der Waals surface area contributed by atoms with E-state index in [1.54, 1.807) is 42.5 Å². The molecule has 0 fully saturated rings. The Bertz CT molecular complexity index is 1070. The van der Waals surface area contributed by atoms with E-state index in [1.807, 2.05) is 24.3 Å². The largest absolute Gasteiger partial charge is 0.478 e. The van der Waals surface area contributed by atoms with Crippen molar-refractivity contribution in [3.8, 4) is 11.1 Å². The second-order valence-corrected chi connectivity index (χ2v) is 6.19. The van der Waals surface area contributed by atoms with E-state index in [9.17, 15) is 14.7 Å². The van der Waals surface area contributed by atoms with Gasteiger partial charge in [0, 0.05) is 22.3 Å². The first kappa shape index (κ1) is 15.4. The van der Waals surface area contributed by atoms with Crippen LogP contribution in [0.3, 0.4) is 0 Å². The first-order valence-corrected chi connectivity index (χ1v) is 8.14. The molecule has 0 unspecified atom stereocenters. The predicted molar refractivity (Wildman–Crippen MR) is 99.5 cm³/mol. The van der Waals surface area contributed by atoms with Crippen molar-refractivity contribution in [2.75, 3.05) is 0 Å². The number of aromatic carboxylic acids is 1. The minimum Gasteiger partial charge on any atom is -0.478 e. The van der Waals surface area contributed by atoms with Gasteiger partial charge in [0.2, 0.25) is 0 Å². The van der Waals surface area contributed by atoms with Crippen LogP contribution in [0.1, 0.15) is 37.4 Å². The van der Waals surface area contributed by atoms with Crippen LogP contribution in [-0.4, -0.2) is 21.7 Å². The number of ketones is 1. The molecule has 0 saturated carbocycles. The number of benzene rings is 3. The van der Waals surface area contributed by atoms with Crippen molar-refractivity contribution < 1.29 is 14.7 Å². The lowest BCUT2D eigenvalue weighted by Crippen LogP contribution is -2.21. The first-order valence-electron chi connectivity index (χ1n) is 7.73. The molecule has 0 atom stereocenters. The number of rotatable bonds is 2. The zero-order valence-corrected chi connectivity index (χ0v) is 13.8. The smallest absolute Gasteiger partial charge is 0.336 e. The average molecular weight is 344 g/mol. The number of carbonyl (C=O) groups is 2. The van der Waals surface area contributed by atoms with Crippen molar-refractivity contribution in [2.24, 2.45) is 0 Å². The highest BCUT2D eigenvalue weighted by molar-refractivity contribution is 7.81. The van der Waals surface area contributed by atoms with Gasteiger partial charge in [0.25, 0.3) is 0 Å². The maximum atomic E-state index is 12.9. The first-order chi connectivity index (χ1) is 12.1. The highest BCUT2D eigenvalue weighted by Gasteiger charge is 2.29. The molecule has 3 aromatic carbocycles. The number of hydrogen-bond donors (Lipinski definition) is 1. The fourth-order valence-electron chi connectivity index (χ4n) is 3.27.